The number of fused-ring (bicyclic) bond motifs is 1. The molecule has 0 radical (unpaired) electrons. The third-order valence-electron chi connectivity index (χ3n) is 4.05. The molecule has 3 aromatic rings. The predicted octanol–water partition coefficient (Wildman–Crippen LogP) is 3.13. The molecule has 150 valence electrons. The highest BCUT2D eigenvalue weighted by molar-refractivity contribution is 14.0. The molecule has 28 heavy (non-hydrogen) atoms. The number of halogens is 2. The standard InChI is InChI=1S/C19H24ClN7.HI/c1-2-21-19(23-12-10-15-8-9-16(20)24-14-15)22-11-5-7-18-26-25-17-6-3-4-13-27(17)18;/h3-4,6,8-9,13-14H,2,5,7,10-12H2,1H3,(H2,21,22,23);1H. The van der Waals surface area contributed by atoms with Crippen molar-refractivity contribution < 1.29 is 0 Å². The zero-order chi connectivity index (χ0) is 18.9. The molecule has 0 spiro atoms. The molecule has 2 N–H and O–H groups in total. The normalized spacial score (nSPS) is 11.3. The molecule has 0 aliphatic heterocycles. The van der Waals surface area contributed by atoms with Crippen LogP contribution in [0, 0.1) is 0 Å². The van der Waals surface area contributed by atoms with Gasteiger partial charge in [-0.3, -0.25) is 9.39 Å². The minimum Gasteiger partial charge on any atom is -0.357 e. The highest BCUT2D eigenvalue weighted by Gasteiger charge is 2.04. The molecule has 0 fully saturated rings. The third kappa shape index (κ3) is 6.59. The van der Waals surface area contributed by atoms with Crippen LogP contribution < -0.4 is 10.6 Å². The summed E-state index contributed by atoms with van der Waals surface area (Å²) in [5, 5.41) is 15.6. The topological polar surface area (TPSA) is 79.5 Å². The van der Waals surface area contributed by atoms with E-state index in [1.54, 1.807) is 6.20 Å². The van der Waals surface area contributed by atoms with Crippen LogP contribution in [0.4, 0.5) is 0 Å². The second-order valence-electron chi connectivity index (χ2n) is 6.08. The van der Waals surface area contributed by atoms with Gasteiger partial charge in [-0.25, -0.2) is 4.98 Å². The van der Waals surface area contributed by atoms with Crippen LogP contribution in [-0.4, -0.2) is 45.2 Å². The smallest absolute Gasteiger partial charge is 0.191 e. The van der Waals surface area contributed by atoms with Crippen LogP contribution in [-0.2, 0) is 12.8 Å². The van der Waals surface area contributed by atoms with Crippen LogP contribution in [0.5, 0.6) is 0 Å². The summed E-state index contributed by atoms with van der Waals surface area (Å²) in [4.78, 5) is 8.74. The average molecular weight is 514 g/mol. The van der Waals surface area contributed by atoms with Gasteiger partial charge in [0.15, 0.2) is 11.6 Å². The predicted molar refractivity (Wildman–Crippen MR) is 124 cm³/mol. The molecule has 0 aromatic carbocycles. The van der Waals surface area contributed by atoms with Crippen LogP contribution in [0.15, 0.2) is 47.7 Å². The molecule has 0 atom stereocenters. The highest BCUT2D eigenvalue weighted by atomic mass is 127. The number of nitrogens with one attached hydrogen (secondary N) is 2. The number of rotatable bonds is 8. The van der Waals surface area contributed by atoms with Crippen molar-refractivity contribution in [2.24, 2.45) is 4.99 Å². The van der Waals surface area contributed by atoms with E-state index in [4.69, 9.17) is 11.6 Å². The van der Waals surface area contributed by atoms with E-state index >= 15 is 0 Å². The van der Waals surface area contributed by atoms with Crippen LogP contribution in [0.25, 0.3) is 5.65 Å². The second kappa shape index (κ2) is 11.8. The van der Waals surface area contributed by atoms with E-state index in [9.17, 15) is 0 Å². The lowest BCUT2D eigenvalue weighted by atomic mass is 10.2. The molecular weight excluding hydrogens is 489 g/mol. The zero-order valence-electron chi connectivity index (χ0n) is 15.8. The molecule has 0 amide bonds. The van der Waals surface area contributed by atoms with Crippen LogP contribution in [0.3, 0.4) is 0 Å². The van der Waals surface area contributed by atoms with Gasteiger partial charge in [-0.15, -0.1) is 34.2 Å². The number of aromatic nitrogens is 4. The Kier molecular flexibility index (Phi) is 9.42. The van der Waals surface area contributed by atoms with E-state index in [1.807, 2.05) is 40.9 Å². The van der Waals surface area contributed by atoms with Crippen molar-refractivity contribution in [3.8, 4) is 0 Å². The maximum Gasteiger partial charge on any atom is 0.191 e. The van der Waals surface area contributed by atoms with Crippen molar-refractivity contribution in [1.82, 2.24) is 30.2 Å². The lowest BCUT2D eigenvalue weighted by molar-refractivity contribution is 0.750. The number of hydrogen-bond acceptors (Lipinski definition) is 4. The van der Waals surface area contributed by atoms with E-state index in [-0.39, 0.29) is 24.0 Å². The molecule has 3 aromatic heterocycles. The minimum absolute atomic E-state index is 0. The summed E-state index contributed by atoms with van der Waals surface area (Å²) in [6.07, 6.45) is 6.40. The van der Waals surface area contributed by atoms with Gasteiger partial charge in [0.25, 0.3) is 0 Å². The fourth-order valence-electron chi connectivity index (χ4n) is 2.71. The van der Waals surface area contributed by atoms with Crippen molar-refractivity contribution in [3.05, 3.63) is 59.3 Å². The van der Waals surface area contributed by atoms with Crippen LogP contribution >= 0.6 is 35.6 Å². The minimum atomic E-state index is 0. The van der Waals surface area contributed by atoms with Gasteiger partial charge in [-0.1, -0.05) is 23.7 Å². The number of pyridine rings is 2. The second-order valence-corrected chi connectivity index (χ2v) is 6.46. The van der Waals surface area contributed by atoms with Crippen molar-refractivity contribution in [1.29, 1.82) is 0 Å². The van der Waals surface area contributed by atoms with Gasteiger partial charge >= 0.3 is 0 Å². The summed E-state index contributed by atoms with van der Waals surface area (Å²) in [6.45, 7) is 4.38. The van der Waals surface area contributed by atoms with Crippen molar-refractivity contribution in [3.63, 3.8) is 0 Å². The highest BCUT2D eigenvalue weighted by Crippen LogP contribution is 2.06. The lowest BCUT2D eigenvalue weighted by Gasteiger charge is -2.11. The first kappa shape index (κ1) is 22.4. The van der Waals surface area contributed by atoms with Gasteiger partial charge in [0.05, 0.1) is 0 Å². The SMILES string of the molecule is CCNC(=NCCCc1nnc2ccccn12)NCCc1ccc(Cl)nc1.I. The molecule has 0 unspecified atom stereocenters. The maximum absolute atomic E-state index is 5.81. The zero-order valence-corrected chi connectivity index (χ0v) is 18.9. The van der Waals surface area contributed by atoms with E-state index in [2.05, 4.69) is 37.7 Å². The summed E-state index contributed by atoms with van der Waals surface area (Å²) < 4.78 is 2.02. The van der Waals surface area contributed by atoms with Gasteiger partial charge in [0.2, 0.25) is 0 Å². The average Bonchev–Trinajstić information content (AvgIpc) is 3.10. The molecular formula is C19H25ClIN7. The third-order valence-corrected chi connectivity index (χ3v) is 4.28. The first-order chi connectivity index (χ1) is 13.3. The van der Waals surface area contributed by atoms with E-state index in [0.29, 0.717) is 5.15 Å². The van der Waals surface area contributed by atoms with Crippen LogP contribution in [0.1, 0.15) is 24.7 Å². The molecule has 9 heteroatoms. The number of hydrogen-bond donors (Lipinski definition) is 2. The maximum atomic E-state index is 5.81. The number of guanidine groups is 1. The summed E-state index contributed by atoms with van der Waals surface area (Å²) in [5.74, 6) is 1.79. The summed E-state index contributed by atoms with van der Waals surface area (Å²) in [5.41, 5.74) is 2.02. The Balaban J connectivity index is 0.00000280. The number of aliphatic imine (C=N–C) groups is 1. The Morgan fingerprint density at radius 1 is 1.14 bits per heavy atom. The Labute approximate surface area is 187 Å². The largest absolute Gasteiger partial charge is 0.357 e. The van der Waals surface area contributed by atoms with Crippen molar-refractivity contribution >= 4 is 47.2 Å². The number of nitrogens with zero attached hydrogens (tertiary/aromatic N) is 5. The summed E-state index contributed by atoms with van der Waals surface area (Å²) >= 11 is 5.81. The Hall–Kier alpha value is -1.94. The van der Waals surface area contributed by atoms with Gasteiger partial charge < -0.3 is 10.6 Å². The molecule has 0 saturated carbocycles. The van der Waals surface area contributed by atoms with E-state index < -0.39 is 0 Å². The molecule has 3 heterocycles. The van der Waals surface area contributed by atoms with Crippen LogP contribution in [0.2, 0.25) is 5.15 Å². The fraction of sp³-hybridized carbons (Fsp3) is 0.368. The van der Waals surface area contributed by atoms with Crippen molar-refractivity contribution in [2.75, 3.05) is 19.6 Å². The van der Waals surface area contributed by atoms with Crippen molar-refractivity contribution in [2.45, 2.75) is 26.2 Å². The monoisotopic (exact) mass is 513 g/mol. The number of aryl methyl sites for hydroxylation is 1. The molecule has 0 aliphatic rings. The quantitative estimate of drug-likeness (QED) is 0.159. The first-order valence-corrected chi connectivity index (χ1v) is 9.55. The molecule has 0 bridgehead atoms. The fourth-order valence-corrected chi connectivity index (χ4v) is 2.82. The molecule has 7 nitrogen and oxygen atoms in total. The first-order valence-electron chi connectivity index (χ1n) is 9.17. The molecule has 3 rings (SSSR count). The summed E-state index contributed by atoms with van der Waals surface area (Å²) in [6, 6.07) is 9.71. The molecule has 0 aliphatic carbocycles. The van der Waals surface area contributed by atoms with Gasteiger partial charge in [0.1, 0.15) is 11.0 Å². The summed E-state index contributed by atoms with van der Waals surface area (Å²) in [7, 11) is 0. The van der Waals surface area contributed by atoms with Gasteiger partial charge in [-0.05, 0) is 43.5 Å². The lowest BCUT2D eigenvalue weighted by Crippen LogP contribution is -2.38. The Morgan fingerprint density at radius 3 is 2.82 bits per heavy atom. The van der Waals surface area contributed by atoms with E-state index in [0.717, 1.165) is 61.9 Å². The van der Waals surface area contributed by atoms with Gasteiger partial charge in [-0.2, -0.15) is 0 Å². The Morgan fingerprint density at radius 2 is 2.04 bits per heavy atom. The molecule has 0 saturated heterocycles. The van der Waals surface area contributed by atoms with E-state index in [1.165, 1.54) is 0 Å². The van der Waals surface area contributed by atoms with Gasteiger partial charge in [0, 0.05) is 38.4 Å². The Bertz CT molecular complexity index is 879.